The third kappa shape index (κ3) is 6.54. The molecule has 8 heteroatoms. The number of benzene rings is 2. The number of hydrogen-bond acceptors (Lipinski definition) is 5. The van der Waals surface area contributed by atoms with Crippen molar-refractivity contribution in [3.8, 4) is 11.5 Å². The van der Waals surface area contributed by atoms with Crippen molar-refractivity contribution in [2.45, 2.75) is 89.1 Å². The van der Waals surface area contributed by atoms with Gasteiger partial charge in [0, 0.05) is 54.8 Å². The first-order chi connectivity index (χ1) is 19.0. The van der Waals surface area contributed by atoms with Gasteiger partial charge in [-0.25, -0.2) is 0 Å². The number of aromatic nitrogens is 1. The van der Waals surface area contributed by atoms with Gasteiger partial charge in [0.1, 0.15) is 17.2 Å². The Hall–Kier alpha value is -3.55. The summed E-state index contributed by atoms with van der Waals surface area (Å²) >= 11 is 0. The van der Waals surface area contributed by atoms with Crippen LogP contribution in [0.15, 0.2) is 48.7 Å². The van der Waals surface area contributed by atoms with Crippen LogP contribution in [-0.4, -0.2) is 39.8 Å². The quantitative estimate of drug-likeness (QED) is 0.205. The highest BCUT2D eigenvalue weighted by Gasteiger charge is 2.29. The zero-order chi connectivity index (χ0) is 27.2. The number of anilines is 1. The maximum atomic E-state index is 13.2. The minimum Gasteiger partial charge on any atom is -0.457 e. The van der Waals surface area contributed by atoms with Crippen molar-refractivity contribution in [2.24, 2.45) is 5.92 Å². The molecule has 3 aromatic rings. The Morgan fingerprint density at radius 2 is 1.82 bits per heavy atom. The Balaban J connectivity index is 1.35. The Labute approximate surface area is 230 Å². The molecule has 0 radical (unpaired) electrons. The van der Waals surface area contributed by atoms with Crippen molar-refractivity contribution >= 4 is 28.2 Å². The van der Waals surface area contributed by atoms with E-state index in [9.17, 15) is 14.9 Å². The van der Waals surface area contributed by atoms with Crippen molar-refractivity contribution in [1.82, 2.24) is 9.88 Å². The molecule has 8 nitrogen and oxygen atoms in total. The van der Waals surface area contributed by atoms with Gasteiger partial charge in [0.2, 0.25) is 5.91 Å². The number of nitro groups is 1. The van der Waals surface area contributed by atoms with Crippen molar-refractivity contribution in [3.05, 3.63) is 58.8 Å². The molecule has 2 aliphatic carbocycles. The summed E-state index contributed by atoms with van der Waals surface area (Å²) in [6.07, 6.45) is 14.5. The molecule has 1 atom stereocenters. The summed E-state index contributed by atoms with van der Waals surface area (Å²) in [6.45, 7) is 0. The van der Waals surface area contributed by atoms with Gasteiger partial charge in [-0.1, -0.05) is 44.6 Å². The number of carbonyl (C=O) groups is 1. The molecular formula is C31H40N4O4. The lowest BCUT2D eigenvalue weighted by Crippen LogP contribution is -2.39. The van der Waals surface area contributed by atoms with E-state index in [0.29, 0.717) is 42.0 Å². The fourth-order valence-electron chi connectivity index (χ4n) is 6.42. The Bertz CT molecular complexity index is 1280. The molecule has 0 saturated heterocycles. The first-order valence-electron chi connectivity index (χ1n) is 14.5. The summed E-state index contributed by atoms with van der Waals surface area (Å²) in [5.41, 5.74) is 1.43. The van der Waals surface area contributed by atoms with Crippen molar-refractivity contribution in [1.29, 1.82) is 0 Å². The lowest BCUT2D eigenvalue weighted by Gasteiger charge is -2.34. The lowest BCUT2D eigenvalue weighted by atomic mass is 9.82. The minimum absolute atomic E-state index is 0.0175. The molecule has 2 aromatic carbocycles. The standard InChI is InChI=1S/C31H40N4O4/c1-34(23-11-6-3-7-12-23)31(36)18-16-26(22-9-4-2-5-10-22)33-28-21-24(15-17-29(28)35(37)38)39-30-14-8-13-27-25(30)19-20-32-27/h8,13-15,17,19-23,26,32-33H,2-7,9-12,16,18H2,1H3. The third-order valence-corrected chi connectivity index (χ3v) is 8.69. The van der Waals surface area contributed by atoms with Crippen LogP contribution in [0, 0.1) is 16.0 Å². The van der Waals surface area contributed by atoms with E-state index < -0.39 is 0 Å². The van der Waals surface area contributed by atoms with E-state index >= 15 is 0 Å². The summed E-state index contributed by atoms with van der Waals surface area (Å²) in [6, 6.07) is 12.9. The number of fused-ring (bicyclic) bond motifs is 1. The molecule has 2 aliphatic rings. The highest BCUT2D eigenvalue weighted by Crippen LogP contribution is 2.37. The van der Waals surface area contributed by atoms with Gasteiger partial charge < -0.3 is 19.9 Å². The number of amides is 1. The van der Waals surface area contributed by atoms with Crippen LogP contribution < -0.4 is 10.1 Å². The number of aromatic amines is 1. The molecule has 5 rings (SSSR count). The largest absolute Gasteiger partial charge is 0.457 e. The molecule has 208 valence electrons. The fraction of sp³-hybridized carbons (Fsp3) is 0.516. The lowest BCUT2D eigenvalue weighted by molar-refractivity contribution is -0.384. The van der Waals surface area contributed by atoms with E-state index in [1.165, 1.54) is 31.7 Å². The summed E-state index contributed by atoms with van der Waals surface area (Å²) < 4.78 is 6.21. The van der Waals surface area contributed by atoms with Gasteiger partial charge in [0.15, 0.2) is 0 Å². The third-order valence-electron chi connectivity index (χ3n) is 8.69. The number of carbonyl (C=O) groups excluding carboxylic acids is 1. The van der Waals surface area contributed by atoms with Gasteiger partial charge in [0.25, 0.3) is 5.69 Å². The fourth-order valence-corrected chi connectivity index (χ4v) is 6.42. The van der Waals surface area contributed by atoms with Gasteiger partial charge >= 0.3 is 0 Å². The number of hydrogen-bond donors (Lipinski definition) is 2. The predicted octanol–water partition coefficient (Wildman–Crippen LogP) is 7.80. The van der Waals surface area contributed by atoms with E-state index in [0.717, 1.165) is 49.4 Å². The number of nitrogens with one attached hydrogen (secondary N) is 2. The molecule has 1 aromatic heterocycles. The Morgan fingerprint density at radius 3 is 2.56 bits per heavy atom. The first-order valence-corrected chi connectivity index (χ1v) is 14.5. The highest BCUT2D eigenvalue weighted by atomic mass is 16.6. The molecule has 0 spiro atoms. The molecule has 1 amide bonds. The molecule has 2 N–H and O–H groups in total. The second-order valence-corrected chi connectivity index (χ2v) is 11.2. The van der Waals surface area contributed by atoms with E-state index in [2.05, 4.69) is 10.3 Å². The van der Waals surface area contributed by atoms with Crippen molar-refractivity contribution in [3.63, 3.8) is 0 Å². The van der Waals surface area contributed by atoms with Gasteiger partial charge in [0.05, 0.1) is 4.92 Å². The van der Waals surface area contributed by atoms with Crippen LogP contribution in [0.5, 0.6) is 11.5 Å². The zero-order valence-electron chi connectivity index (χ0n) is 22.9. The second-order valence-electron chi connectivity index (χ2n) is 11.2. The molecule has 2 fully saturated rings. The van der Waals surface area contributed by atoms with Gasteiger partial charge in [-0.3, -0.25) is 14.9 Å². The maximum Gasteiger partial charge on any atom is 0.292 e. The molecule has 39 heavy (non-hydrogen) atoms. The van der Waals surface area contributed by atoms with E-state index in [1.807, 2.05) is 42.4 Å². The average molecular weight is 533 g/mol. The van der Waals surface area contributed by atoms with Crippen LogP contribution in [0.3, 0.4) is 0 Å². The molecule has 1 heterocycles. The van der Waals surface area contributed by atoms with Gasteiger partial charge in [-0.15, -0.1) is 0 Å². The predicted molar refractivity (Wildman–Crippen MR) is 154 cm³/mol. The van der Waals surface area contributed by atoms with Crippen molar-refractivity contribution < 1.29 is 14.5 Å². The van der Waals surface area contributed by atoms with Crippen LogP contribution in [0.4, 0.5) is 11.4 Å². The first kappa shape index (κ1) is 27.0. The minimum atomic E-state index is -0.348. The summed E-state index contributed by atoms with van der Waals surface area (Å²) in [4.78, 5) is 29.9. The molecule has 0 aliphatic heterocycles. The van der Waals surface area contributed by atoms with Crippen LogP contribution in [-0.2, 0) is 4.79 Å². The molecular weight excluding hydrogens is 492 g/mol. The zero-order valence-corrected chi connectivity index (χ0v) is 22.9. The highest BCUT2D eigenvalue weighted by molar-refractivity contribution is 5.86. The smallest absolute Gasteiger partial charge is 0.292 e. The van der Waals surface area contributed by atoms with Crippen LogP contribution in [0.1, 0.15) is 77.0 Å². The topological polar surface area (TPSA) is 100 Å². The maximum absolute atomic E-state index is 13.2. The van der Waals surface area contributed by atoms with E-state index in [1.54, 1.807) is 12.1 Å². The second kappa shape index (κ2) is 12.5. The normalized spacial score (nSPS) is 17.6. The summed E-state index contributed by atoms with van der Waals surface area (Å²) in [5.74, 6) is 1.78. The van der Waals surface area contributed by atoms with Gasteiger partial charge in [-0.05, 0) is 62.3 Å². The van der Waals surface area contributed by atoms with Crippen LogP contribution >= 0.6 is 0 Å². The molecule has 1 unspecified atom stereocenters. The molecule has 2 saturated carbocycles. The van der Waals surface area contributed by atoms with E-state index in [4.69, 9.17) is 4.74 Å². The van der Waals surface area contributed by atoms with E-state index in [-0.39, 0.29) is 22.6 Å². The number of nitro benzene ring substituents is 1. The number of nitrogens with zero attached hydrogens (tertiary/aromatic N) is 2. The van der Waals surface area contributed by atoms with Gasteiger partial charge in [-0.2, -0.15) is 0 Å². The molecule has 0 bridgehead atoms. The van der Waals surface area contributed by atoms with Crippen LogP contribution in [0.25, 0.3) is 10.9 Å². The summed E-state index contributed by atoms with van der Waals surface area (Å²) in [7, 11) is 1.94. The average Bonchev–Trinajstić information content (AvgIpc) is 3.46. The number of ether oxygens (including phenoxy) is 1. The SMILES string of the molecule is CN(C(=O)CCC(Nc1cc(Oc2cccc3[nH]ccc23)ccc1[N+](=O)[O-])C1CCCCC1)C1CCCCC1. The number of rotatable bonds is 10. The van der Waals surface area contributed by atoms with Crippen LogP contribution in [0.2, 0.25) is 0 Å². The Morgan fingerprint density at radius 1 is 1.08 bits per heavy atom. The number of H-pyrrole nitrogens is 1. The Kier molecular flexibility index (Phi) is 8.69. The monoisotopic (exact) mass is 532 g/mol. The van der Waals surface area contributed by atoms with Crippen molar-refractivity contribution in [2.75, 3.05) is 12.4 Å². The summed E-state index contributed by atoms with van der Waals surface area (Å²) in [5, 5.41) is 16.5.